The summed E-state index contributed by atoms with van der Waals surface area (Å²) in [5.74, 6) is -0.127. The van der Waals surface area contributed by atoms with E-state index in [1.54, 1.807) is 0 Å². The highest BCUT2D eigenvalue weighted by Crippen LogP contribution is 2.68. The summed E-state index contributed by atoms with van der Waals surface area (Å²) in [6.07, 6.45) is 8.91. The van der Waals surface area contributed by atoms with Crippen LogP contribution >= 0.6 is 0 Å². The number of carboxylic acid groups (broad SMARTS) is 1. The van der Waals surface area contributed by atoms with Crippen molar-refractivity contribution in [1.82, 2.24) is 0 Å². The highest BCUT2D eigenvalue weighted by atomic mass is 17.2. The van der Waals surface area contributed by atoms with Crippen molar-refractivity contribution in [3.05, 3.63) is 11.6 Å². The number of hydrogen-bond donors (Lipinski definition) is 1. The predicted molar refractivity (Wildman–Crippen MR) is 90.2 cm³/mol. The second-order valence-corrected chi connectivity index (χ2v) is 9.36. The molecule has 2 bridgehead atoms. The Hall–Kier alpha value is -0.870. The number of fused-ring (bicyclic) bond motifs is 3. The first kappa shape index (κ1) is 16.6. The Balaban J connectivity index is 1.81. The lowest BCUT2D eigenvalue weighted by molar-refractivity contribution is -0.465. The molecular formula is C20H30O4. The second-order valence-electron chi connectivity index (χ2n) is 9.36. The van der Waals surface area contributed by atoms with Gasteiger partial charge in [-0.2, -0.15) is 0 Å². The van der Waals surface area contributed by atoms with Crippen LogP contribution in [0.2, 0.25) is 0 Å². The lowest BCUT2D eigenvalue weighted by Crippen LogP contribution is -2.68. The highest BCUT2D eigenvalue weighted by molar-refractivity contribution is 5.75. The van der Waals surface area contributed by atoms with Crippen molar-refractivity contribution in [3.63, 3.8) is 0 Å². The monoisotopic (exact) mass is 334 g/mol. The molecule has 0 aromatic heterocycles. The average Bonchev–Trinajstić information content (AvgIpc) is 2.55. The zero-order valence-electron chi connectivity index (χ0n) is 15.4. The van der Waals surface area contributed by atoms with Gasteiger partial charge in [0.25, 0.3) is 0 Å². The van der Waals surface area contributed by atoms with E-state index in [4.69, 9.17) is 9.78 Å². The van der Waals surface area contributed by atoms with Crippen LogP contribution in [-0.2, 0) is 14.6 Å². The third-order valence-corrected chi connectivity index (χ3v) is 8.17. The molecule has 3 fully saturated rings. The summed E-state index contributed by atoms with van der Waals surface area (Å²) in [5, 5.41) is 9.94. The summed E-state index contributed by atoms with van der Waals surface area (Å²) in [7, 11) is 0. The molecule has 3 aliphatic carbocycles. The topological polar surface area (TPSA) is 55.8 Å². The molecular weight excluding hydrogens is 304 g/mol. The van der Waals surface area contributed by atoms with Crippen LogP contribution < -0.4 is 0 Å². The molecule has 1 spiro atoms. The van der Waals surface area contributed by atoms with Crippen LogP contribution in [0.25, 0.3) is 0 Å². The smallest absolute Gasteiger partial charge is 0.309 e. The first-order valence-electron chi connectivity index (χ1n) is 9.53. The van der Waals surface area contributed by atoms with Gasteiger partial charge < -0.3 is 5.11 Å². The highest BCUT2D eigenvalue weighted by Gasteiger charge is 2.69. The Kier molecular flexibility index (Phi) is 3.35. The summed E-state index contributed by atoms with van der Waals surface area (Å²) in [4.78, 5) is 24.3. The molecule has 134 valence electrons. The van der Waals surface area contributed by atoms with Crippen molar-refractivity contribution >= 4 is 5.97 Å². The van der Waals surface area contributed by atoms with E-state index in [0.29, 0.717) is 5.92 Å². The van der Waals surface area contributed by atoms with E-state index in [1.807, 2.05) is 6.92 Å². The van der Waals surface area contributed by atoms with Gasteiger partial charge in [-0.1, -0.05) is 27.2 Å². The largest absolute Gasteiger partial charge is 0.481 e. The molecule has 2 aliphatic heterocycles. The molecule has 0 radical (unpaired) electrons. The Labute approximate surface area is 144 Å². The molecule has 2 heterocycles. The summed E-state index contributed by atoms with van der Waals surface area (Å²) in [6, 6.07) is 0. The number of carbonyl (C=O) groups is 1. The molecule has 4 heteroatoms. The SMILES string of the molecule is CC(C)[C@@]12C=C3CCC4C(C)(C(=O)O)CCC[C@]4(C)[C@]3(CC1)OO2. The van der Waals surface area contributed by atoms with Gasteiger partial charge in [0.15, 0.2) is 0 Å². The number of aliphatic carboxylic acids is 1. The molecule has 0 aromatic carbocycles. The maximum absolute atomic E-state index is 12.1. The van der Waals surface area contributed by atoms with Crippen LogP contribution in [0.1, 0.15) is 72.6 Å². The van der Waals surface area contributed by atoms with E-state index < -0.39 is 17.0 Å². The first-order chi connectivity index (χ1) is 11.2. The van der Waals surface area contributed by atoms with Crippen LogP contribution in [0, 0.1) is 22.7 Å². The van der Waals surface area contributed by atoms with Gasteiger partial charge >= 0.3 is 5.97 Å². The van der Waals surface area contributed by atoms with Crippen molar-refractivity contribution in [3.8, 4) is 0 Å². The van der Waals surface area contributed by atoms with Gasteiger partial charge in [0.05, 0.1) is 5.41 Å². The van der Waals surface area contributed by atoms with Crippen molar-refractivity contribution in [2.75, 3.05) is 0 Å². The van der Waals surface area contributed by atoms with Crippen molar-refractivity contribution < 1.29 is 19.7 Å². The second kappa shape index (κ2) is 4.85. The van der Waals surface area contributed by atoms with Crippen LogP contribution in [-0.4, -0.2) is 22.3 Å². The predicted octanol–water partition coefficient (Wildman–Crippen LogP) is 4.49. The number of carboxylic acids is 1. The van der Waals surface area contributed by atoms with Gasteiger partial charge in [-0.15, -0.1) is 0 Å². The zero-order chi connectivity index (χ0) is 17.4. The first-order valence-corrected chi connectivity index (χ1v) is 9.53. The standard InChI is InChI=1S/C20H30O4/c1-13(2)19-10-11-20(24-23-19)14(12-19)6-7-15-17(3,16(21)22)8-5-9-18(15,20)4/h12-13,15H,5-11H2,1-4H3,(H,21,22)/t15?,17?,18-,19-,20+/m0/s1. The van der Waals surface area contributed by atoms with Crippen LogP contribution in [0.15, 0.2) is 11.6 Å². The van der Waals surface area contributed by atoms with Gasteiger partial charge in [-0.25, -0.2) is 9.78 Å². The van der Waals surface area contributed by atoms with Gasteiger partial charge in [-0.05, 0) is 68.9 Å². The van der Waals surface area contributed by atoms with E-state index in [0.717, 1.165) is 44.9 Å². The fourth-order valence-corrected chi connectivity index (χ4v) is 6.45. The molecule has 1 N–H and O–H groups in total. The fourth-order valence-electron chi connectivity index (χ4n) is 6.45. The zero-order valence-corrected chi connectivity index (χ0v) is 15.4. The van der Waals surface area contributed by atoms with Gasteiger partial charge in [0.2, 0.25) is 0 Å². The molecule has 2 unspecified atom stereocenters. The average molecular weight is 334 g/mol. The minimum absolute atomic E-state index is 0.140. The molecule has 0 amide bonds. The van der Waals surface area contributed by atoms with Gasteiger partial charge in [-0.3, -0.25) is 4.79 Å². The Bertz CT molecular complexity index is 599. The summed E-state index contributed by atoms with van der Waals surface area (Å²) in [5.41, 5.74) is -0.136. The molecule has 5 rings (SSSR count). The van der Waals surface area contributed by atoms with E-state index in [-0.39, 0.29) is 16.9 Å². The number of rotatable bonds is 2. The van der Waals surface area contributed by atoms with Crippen molar-refractivity contribution in [2.45, 2.75) is 83.8 Å². The minimum Gasteiger partial charge on any atom is -0.481 e. The van der Waals surface area contributed by atoms with Gasteiger partial charge in [0.1, 0.15) is 11.2 Å². The molecule has 5 aliphatic rings. The Morgan fingerprint density at radius 1 is 1.21 bits per heavy atom. The van der Waals surface area contributed by atoms with Crippen molar-refractivity contribution in [1.29, 1.82) is 0 Å². The van der Waals surface area contributed by atoms with Crippen LogP contribution in [0.4, 0.5) is 0 Å². The lowest BCUT2D eigenvalue weighted by Gasteiger charge is -2.66. The van der Waals surface area contributed by atoms with Crippen LogP contribution in [0.5, 0.6) is 0 Å². The normalized spacial score (nSPS) is 50.2. The third-order valence-electron chi connectivity index (χ3n) is 8.17. The maximum atomic E-state index is 12.1. The minimum atomic E-state index is -0.652. The third kappa shape index (κ3) is 1.74. The van der Waals surface area contributed by atoms with Crippen molar-refractivity contribution in [2.24, 2.45) is 22.7 Å². The summed E-state index contributed by atoms with van der Waals surface area (Å²) < 4.78 is 0. The molecule has 1 saturated heterocycles. The Morgan fingerprint density at radius 3 is 2.54 bits per heavy atom. The lowest BCUT2D eigenvalue weighted by atomic mass is 9.43. The van der Waals surface area contributed by atoms with E-state index in [2.05, 4.69) is 26.8 Å². The van der Waals surface area contributed by atoms with E-state index in [1.165, 1.54) is 5.57 Å². The molecule has 5 atom stereocenters. The molecule has 24 heavy (non-hydrogen) atoms. The summed E-state index contributed by atoms with van der Waals surface area (Å²) in [6.45, 7) is 8.60. The quantitative estimate of drug-likeness (QED) is 0.597. The Morgan fingerprint density at radius 2 is 1.96 bits per heavy atom. The fraction of sp³-hybridized carbons (Fsp3) is 0.850. The van der Waals surface area contributed by atoms with E-state index in [9.17, 15) is 9.90 Å². The van der Waals surface area contributed by atoms with Gasteiger partial charge in [0, 0.05) is 5.41 Å². The van der Waals surface area contributed by atoms with E-state index >= 15 is 0 Å². The molecule has 4 nitrogen and oxygen atoms in total. The maximum Gasteiger partial charge on any atom is 0.309 e. The van der Waals surface area contributed by atoms with Crippen LogP contribution in [0.3, 0.4) is 0 Å². The summed E-state index contributed by atoms with van der Waals surface area (Å²) >= 11 is 0. The molecule has 0 aromatic rings. The number of hydrogen-bond acceptors (Lipinski definition) is 3. The molecule has 2 saturated carbocycles.